The van der Waals surface area contributed by atoms with Crippen molar-refractivity contribution in [3.8, 4) is 5.75 Å². The summed E-state index contributed by atoms with van der Waals surface area (Å²) >= 11 is 0. The van der Waals surface area contributed by atoms with Crippen molar-refractivity contribution in [1.29, 1.82) is 0 Å². The van der Waals surface area contributed by atoms with Crippen LogP contribution in [0.15, 0.2) is 53.1 Å². The van der Waals surface area contributed by atoms with E-state index in [1.807, 2.05) is 36.6 Å². The fraction of sp³-hybridized carbons (Fsp3) is 0.559. The number of amides is 1. The highest BCUT2D eigenvalue weighted by molar-refractivity contribution is 6.48. The molecule has 4 aliphatic carbocycles. The monoisotopic (exact) mass is 553 g/mol. The van der Waals surface area contributed by atoms with E-state index in [1.165, 1.54) is 31.2 Å². The Morgan fingerprint density at radius 1 is 1.12 bits per heavy atom. The predicted octanol–water partition coefficient (Wildman–Crippen LogP) is 6.08. The van der Waals surface area contributed by atoms with Crippen LogP contribution in [0.1, 0.15) is 69.6 Å². The third-order valence-electron chi connectivity index (χ3n) is 11.6. The molecular weight excluding hydrogens is 513 g/mol. The summed E-state index contributed by atoms with van der Waals surface area (Å²) in [6.07, 6.45) is 9.80. The van der Waals surface area contributed by atoms with Gasteiger partial charge in [0.05, 0.1) is 36.9 Å². The van der Waals surface area contributed by atoms with Crippen LogP contribution in [0.5, 0.6) is 5.75 Å². The number of fused-ring (bicyclic) bond motifs is 2. The fourth-order valence-electron chi connectivity index (χ4n) is 8.86. The van der Waals surface area contributed by atoms with Crippen LogP contribution in [-0.2, 0) is 33.4 Å². The van der Waals surface area contributed by atoms with Crippen LogP contribution in [0.4, 0.5) is 0 Å². The standard InChI is InChI=1S/C34H40BNO5/c1-32(2)24-16-28(32)33(3)29(17-24)40-35(41-33)30(15-23-19-38-27-8-5-4-7-25(23)27)36-31(37)14-21-9-10-26-22(13-21)18-34(20-39-26)11-6-12-34/h4-5,7-10,13,19,24,28-30H,6,11-12,14-18,20H2,1-3H3,(H,36,37)/t24-,28-,29+,30-,33-/m0/s1. The minimum absolute atomic E-state index is 0.0188. The van der Waals surface area contributed by atoms with E-state index in [2.05, 4.69) is 38.2 Å². The van der Waals surface area contributed by atoms with Crippen LogP contribution in [-0.4, -0.2) is 37.3 Å². The minimum atomic E-state index is -0.506. The molecule has 3 aromatic rings. The largest absolute Gasteiger partial charge is 0.493 e. The first kappa shape index (κ1) is 25.9. The SMILES string of the molecule is CC1(C)[C@@H]2C[C@H]3OB([C@H](Cc4coc5ccccc45)NC(=O)Cc4ccc5c(c4)CC4(CCC4)CO5)O[C@@]3(C)[C@H]1C2. The van der Waals surface area contributed by atoms with E-state index in [-0.39, 0.29) is 29.0 Å². The average Bonchev–Trinajstić information content (AvgIpc) is 3.51. The highest BCUT2D eigenvalue weighted by Crippen LogP contribution is 2.65. The van der Waals surface area contributed by atoms with Crippen LogP contribution in [0.3, 0.4) is 0 Å². The van der Waals surface area contributed by atoms with E-state index < -0.39 is 7.12 Å². The van der Waals surface area contributed by atoms with Gasteiger partial charge in [-0.3, -0.25) is 4.79 Å². The van der Waals surface area contributed by atoms with Crippen molar-refractivity contribution >= 4 is 24.0 Å². The molecule has 2 bridgehead atoms. The van der Waals surface area contributed by atoms with Crippen LogP contribution in [0.2, 0.25) is 0 Å². The van der Waals surface area contributed by atoms with Crippen molar-refractivity contribution in [3.63, 3.8) is 0 Å². The van der Waals surface area contributed by atoms with Gasteiger partial charge in [-0.05, 0) is 91.5 Å². The van der Waals surface area contributed by atoms with E-state index in [9.17, 15) is 4.79 Å². The molecule has 3 heterocycles. The smallest absolute Gasteiger partial charge is 0.482 e. The maximum atomic E-state index is 13.6. The quantitative estimate of drug-likeness (QED) is 0.375. The molecule has 7 heteroatoms. The summed E-state index contributed by atoms with van der Waals surface area (Å²) < 4.78 is 25.5. The van der Waals surface area contributed by atoms with Crippen molar-refractivity contribution in [2.45, 2.75) is 89.8 Å². The normalized spacial score (nSPS) is 31.0. The zero-order valence-corrected chi connectivity index (χ0v) is 24.4. The first-order chi connectivity index (χ1) is 19.7. The molecule has 5 atom stereocenters. The number of carbonyl (C=O) groups excluding carboxylic acids is 1. The Morgan fingerprint density at radius 3 is 2.78 bits per heavy atom. The summed E-state index contributed by atoms with van der Waals surface area (Å²) in [4.78, 5) is 13.6. The Hall–Kier alpha value is -2.77. The Bertz CT molecular complexity index is 1510. The van der Waals surface area contributed by atoms with Crippen molar-refractivity contribution in [3.05, 3.63) is 65.4 Å². The molecule has 1 saturated heterocycles. The summed E-state index contributed by atoms with van der Waals surface area (Å²) in [5.74, 6) is 1.76. The van der Waals surface area contributed by atoms with Crippen LogP contribution in [0, 0.1) is 22.7 Å². The molecule has 5 fully saturated rings. The molecule has 1 N–H and O–H groups in total. The Kier molecular flexibility index (Phi) is 5.76. The predicted molar refractivity (Wildman–Crippen MR) is 158 cm³/mol. The lowest BCUT2D eigenvalue weighted by molar-refractivity contribution is -0.199. The molecule has 9 rings (SSSR count). The van der Waals surface area contributed by atoms with Gasteiger partial charge in [0.25, 0.3) is 0 Å². The van der Waals surface area contributed by atoms with Gasteiger partial charge in [0, 0.05) is 10.8 Å². The van der Waals surface area contributed by atoms with Gasteiger partial charge in [0.1, 0.15) is 11.3 Å². The van der Waals surface area contributed by atoms with Gasteiger partial charge >= 0.3 is 7.12 Å². The minimum Gasteiger partial charge on any atom is -0.493 e. The molecular formula is C34H40BNO5. The maximum absolute atomic E-state index is 13.6. The summed E-state index contributed by atoms with van der Waals surface area (Å²) in [5.41, 5.74) is 4.40. The number of ether oxygens (including phenoxy) is 1. The highest BCUT2D eigenvalue weighted by Gasteiger charge is 2.68. The maximum Gasteiger partial charge on any atom is 0.482 e. The summed E-state index contributed by atoms with van der Waals surface area (Å²) in [7, 11) is -0.506. The van der Waals surface area contributed by atoms with Crippen molar-refractivity contribution < 1.29 is 23.3 Å². The lowest BCUT2D eigenvalue weighted by Crippen LogP contribution is -2.65. The van der Waals surface area contributed by atoms with Crippen molar-refractivity contribution in [2.24, 2.45) is 22.7 Å². The molecule has 6 nitrogen and oxygen atoms in total. The second-order valence-electron chi connectivity index (χ2n) is 14.4. The van der Waals surface area contributed by atoms with E-state index in [0.29, 0.717) is 30.1 Å². The zero-order valence-electron chi connectivity index (χ0n) is 24.4. The number of furan rings is 1. The van der Waals surface area contributed by atoms with Crippen molar-refractivity contribution in [2.75, 3.05) is 6.61 Å². The van der Waals surface area contributed by atoms with Gasteiger partial charge in [-0.25, -0.2) is 0 Å². The lowest BCUT2D eigenvalue weighted by Gasteiger charge is -2.64. The summed E-state index contributed by atoms with van der Waals surface area (Å²) in [6.45, 7) is 7.80. The molecule has 214 valence electrons. The summed E-state index contributed by atoms with van der Waals surface area (Å²) in [6, 6.07) is 14.3. The number of carbonyl (C=O) groups is 1. The highest BCUT2D eigenvalue weighted by atomic mass is 16.7. The second-order valence-corrected chi connectivity index (χ2v) is 14.4. The third kappa shape index (κ3) is 4.10. The van der Waals surface area contributed by atoms with Crippen molar-refractivity contribution in [1.82, 2.24) is 5.32 Å². The Labute approximate surface area is 242 Å². The van der Waals surface area contributed by atoms with E-state index in [1.54, 1.807) is 0 Å². The van der Waals surface area contributed by atoms with Gasteiger partial charge < -0.3 is 23.8 Å². The molecule has 2 aliphatic heterocycles. The number of para-hydroxylation sites is 1. The number of benzene rings is 2. The molecule has 0 unspecified atom stereocenters. The fourth-order valence-corrected chi connectivity index (χ4v) is 8.86. The van der Waals surface area contributed by atoms with E-state index >= 15 is 0 Å². The number of rotatable bonds is 6. The second kappa shape index (κ2) is 9.12. The molecule has 41 heavy (non-hydrogen) atoms. The number of hydrogen-bond donors (Lipinski definition) is 1. The Morgan fingerprint density at radius 2 is 1.98 bits per heavy atom. The van der Waals surface area contributed by atoms with Gasteiger partial charge in [0.15, 0.2) is 0 Å². The first-order valence-corrected chi connectivity index (χ1v) is 15.5. The summed E-state index contributed by atoms with van der Waals surface area (Å²) in [5, 5.41) is 4.41. The molecule has 1 aromatic heterocycles. The average molecular weight is 554 g/mol. The molecule has 0 radical (unpaired) electrons. The van der Waals surface area contributed by atoms with Crippen LogP contribution < -0.4 is 10.1 Å². The topological polar surface area (TPSA) is 69.9 Å². The third-order valence-corrected chi connectivity index (χ3v) is 11.6. The molecule has 6 aliphatic rings. The molecule has 4 saturated carbocycles. The molecule has 2 aromatic carbocycles. The van der Waals surface area contributed by atoms with Gasteiger partial charge in [0.2, 0.25) is 5.91 Å². The number of hydrogen-bond acceptors (Lipinski definition) is 5. The van der Waals surface area contributed by atoms with E-state index in [0.717, 1.165) is 47.3 Å². The van der Waals surface area contributed by atoms with Gasteiger partial charge in [-0.1, -0.05) is 50.6 Å². The zero-order chi connectivity index (χ0) is 28.0. The van der Waals surface area contributed by atoms with E-state index in [4.69, 9.17) is 18.5 Å². The Balaban J connectivity index is 1.03. The lowest BCUT2D eigenvalue weighted by atomic mass is 9.43. The van der Waals surface area contributed by atoms with Crippen LogP contribution in [0.25, 0.3) is 11.0 Å². The molecule has 1 spiro atoms. The van der Waals surface area contributed by atoms with Gasteiger partial charge in [-0.15, -0.1) is 0 Å². The number of nitrogens with one attached hydrogen (secondary N) is 1. The van der Waals surface area contributed by atoms with Gasteiger partial charge in [-0.2, -0.15) is 0 Å². The van der Waals surface area contributed by atoms with Crippen LogP contribution >= 0.6 is 0 Å². The first-order valence-electron chi connectivity index (χ1n) is 15.5. The molecule has 1 amide bonds.